The highest BCUT2D eigenvalue weighted by Gasteiger charge is 2.25. The van der Waals surface area contributed by atoms with Crippen LogP contribution >= 0.6 is 22.9 Å². The van der Waals surface area contributed by atoms with Crippen LogP contribution in [0.4, 0.5) is 0 Å². The summed E-state index contributed by atoms with van der Waals surface area (Å²) in [4.78, 5) is 13.3. The molecule has 0 aliphatic rings. The van der Waals surface area contributed by atoms with E-state index >= 15 is 0 Å². The lowest BCUT2D eigenvalue weighted by Gasteiger charge is -2.31. The minimum atomic E-state index is 0.0539. The van der Waals surface area contributed by atoms with Crippen LogP contribution in [0.15, 0.2) is 17.5 Å². The van der Waals surface area contributed by atoms with Gasteiger partial charge >= 0.3 is 0 Å². The molecule has 19 heavy (non-hydrogen) atoms. The summed E-state index contributed by atoms with van der Waals surface area (Å²) in [7, 11) is 0. The van der Waals surface area contributed by atoms with Crippen LogP contribution in [0.25, 0.3) is 0 Å². The summed E-state index contributed by atoms with van der Waals surface area (Å²) in [5, 5.41) is 5.19. The normalized spacial score (nSPS) is 13.3. The lowest BCUT2D eigenvalue weighted by molar-refractivity contribution is -0.122. The average Bonchev–Trinajstić information content (AvgIpc) is 2.80. The quantitative estimate of drug-likeness (QED) is 0.750. The van der Waals surface area contributed by atoms with Gasteiger partial charge in [-0.2, -0.15) is 0 Å². The first-order chi connectivity index (χ1) is 8.93. The van der Waals surface area contributed by atoms with Crippen LogP contribution in [-0.2, 0) is 11.2 Å². The van der Waals surface area contributed by atoms with Gasteiger partial charge in [0.25, 0.3) is 0 Å². The summed E-state index contributed by atoms with van der Waals surface area (Å²) in [6, 6.07) is 4.32. The van der Waals surface area contributed by atoms with Gasteiger partial charge in [0.15, 0.2) is 0 Å². The Kier molecular flexibility index (Phi) is 6.87. The molecule has 1 aromatic rings. The first-order valence-electron chi connectivity index (χ1n) is 6.81. The molecule has 0 radical (unpaired) electrons. The van der Waals surface area contributed by atoms with E-state index < -0.39 is 0 Å². The number of amides is 1. The van der Waals surface area contributed by atoms with Gasteiger partial charge in [-0.05, 0) is 36.1 Å². The molecule has 1 heterocycles. The molecule has 0 aliphatic carbocycles. The third-order valence-electron chi connectivity index (χ3n) is 3.19. The predicted molar refractivity (Wildman–Crippen MR) is 84.0 cm³/mol. The Labute approximate surface area is 125 Å². The number of rotatable bonds is 7. The zero-order valence-corrected chi connectivity index (χ0v) is 13.6. The van der Waals surface area contributed by atoms with Gasteiger partial charge < -0.3 is 5.32 Å². The van der Waals surface area contributed by atoms with Crippen molar-refractivity contribution in [3.63, 3.8) is 0 Å². The minimum Gasteiger partial charge on any atom is -0.353 e. The molecule has 0 saturated heterocycles. The van der Waals surface area contributed by atoms with Crippen molar-refractivity contribution in [3.8, 4) is 0 Å². The van der Waals surface area contributed by atoms with E-state index in [1.54, 1.807) is 11.3 Å². The van der Waals surface area contributed by atoms with Crippen molar-refractivity contribution in [3.05, 3.63) is 22.4 Å². The monoisotopic (exact) mass is 301 g/mol. The molecule has 4 heteroatoms. The molecule has 0 spiro atoms. The van der Waals surface area contributed by atoms with Crippen molar-refractivity contribution in [2.75, 3.05) is 5.88 Å². The van der Waals surface area contributed by atoms with Crippen LogP contribution in [-0.4, -0.2) is 17.8 Å². The van der Waals surface area contributed by atoms with Crippen LogP contribution in [0.5, 0.6) is 0 Å². The molecule has 0 bridgehead atoms. The number of carbonyl (C=O) groups is 1. The molecule has 1 rings (SSSR count). The second-order valence-electron chi connectivity index (χ2n) is 5.90. The SMILES string of the molecule is CC(C)(C)C(CCCl)NC(=O)CCCc1cccs1. The molecule has 1 amide bonds. The number of aryl methyl sites for hydroxylation is 1. The molecule has 1 unspecified atom stereocenters. The maximum Gasteiger partial charge on any atom is 0.220 e. The lowest BCUT2D eigenvalue weighted by atomic mass is 9.85. The number of halogens is 1. The first kappa shape index (κ1) is 16.5. The third kappa shape index (κ3) is 6.44. The Hall–Kier alpha value is -0.540. The van der Waals surface area contributed by atoms with Crippen molar-refractivity contribution in [2.24, 2.45) is 5.41 Å². The van der Waals surface area contributed by atoms with Gasteiger partial charge in [-0.3, -0.25) is 4.79 Å². The summed E-state index contributed by atoms with van der Waals surface area (Å²) in [6.45, 7) is 6.41. The Morgan fingerprint density at radius 3 is 2.74 bits per heavy atom. The molecular weight excluding hydrogens is 278 g/mol. The second-order valence-corrected chi connectivity index (χ2v) is 7.31. The van der Waals surface area contributed by atoms with Gasteiger partial charge in [-0.15, -0.1) is 22.9 Å². The van der Waals surface area contributed by atoms with E-state index in [1.807, 2.05) is 0 Å². The zero-order chi connectivity index (χ0) is 14.3. The van der Waals surface area contributed by atoms with Crippen molar-refractivity contribution >= 4 is 28.8 Å². The van der Waals surface area contributed by atoms with E-state index in [1.165, 1.54) is 4.88 Å². The second kappa shape index (κ2) is 7.91. The largest absolute Gasteiger partial charge is 0.353 e. The number of thiophene rings is 1. The molecule has 0 fully saturated rings. The average molecular weight is 302 g/mol. The number of alkyl halides is 1. The van der Waals surface area contributed by atoms with E-state index in [2.05, 4.69) is 43.6 Å². The molecule has 108 valence electrons. The van der Waals surface area contributed by atoms with Crippen molar-refractivity contribution in [1.82, 2.24) is 5.32 Å². The molecule has 1 atom stereocenters. The Balaban J connectivity index is 2.32. The molecule has 0 aliphatic heterocycles. The number of hydrogen-bond acceptors (Lipinski definition) is 2. The van der Waals surface area contributed by atoms with Crippen LogP contribution < -0.4 is 5.32 Å². The summed E-state index contributed by atoms with van der Waals surface area (Å²) < 4.78 is 0. The van der Waals surface area contributed by atoms with E-state index in [9.17, 15) is 4.79 Å². The predicted octanol–water partition coefficient (Wildman–Crippen LogP) is 4.23. The number of carbonyl (C=O) groups excluding carboxylic acids is 1. The highest BCUT2D eigenvalue weighted by molar-refractivity contribution is 7.09. The fourth-order valence-corrected chi connectivity index (χ4v) is 2.94. The van der Waals surface area contributed by atoms with Gasteiger partial charge in [0, 0.05) is 23.2 Å². The Bertz CT molecular complexity index is 370. The minimum absolute atomic E-state index is 0.0539. The summed E-state index contributed by atoms with van der Waals surface area (Å²) in [5.41, 5.74) is 0.0539. The van der Waals surface area contributed by atoms with Crippen molar-refractivity contribution in [2.45, 2.75) is 52.5 Å². The van der Waals surface area contributed by atoms with E-state index in [0.717, 1.165) is 19.3 Å². The fraction of sp³-hybridized carbons (Fsp3) is 0.667. The fourth-order valence-electron chi connectivity index (χ4n) is 1.98. The highest BCUT2D eigenvalue weighted by atomic mass is 35.5. The maximum atomic E-state index is 12.0. The van der Waals surface area contributed by atoms with Gasteiger partial charge in [0.1, 0.15) is 0 Å². The van der Waals surface area contributed by atoms with Gasteiger partial charge in [0.2, 0.25) is 5.91 Å². The summed E-state index contributed by atoms with van der Waals surface area (Å²) >= 11 is 7.56. The topological polar surface area (TPSA) is 29.1 Å². The lowest BCUT2D eigenvalue weighted by Crippen LogP contribution is -2.43. The Morgan fingerprint density at radius 2 is 2.21 bits per heavy atom. The van der Waals surface area contributed by atoms with E-state index in [4.69, 9.17) is 11.6 Å². The standard InChI is InChI=1S/C15H24ClNOS/c1-15(2,3)13(9-10-16)17-14(18)8-4-6-12-7-5-11-19-12/h5,7,11,13H,4,6,8-10H2,1-3H3,(H,17,18). The zero-order valence-electron chi connectivity index (χ0n) is 12.0. The Morgan fingerprint density at radius 1 is 1.47 bits per heavy atom. The molecule has 1 aromatic heterocycles. The molecule has 1 N–H and O–H groups in total. The number of hydrogen-bond donors (Lipinski definition) is 1. The van der Waals surface area contributed by atoms with Crippen LogP contribution in [0.2, 0.25) is 0 Å². The van der Waals surface area contributed by atoms with Crippen molar-refractivity contribution < 1.29 is 4.79 Å². The van der Waals surface area contributed by atoms with Crippen molar-refractivity contribution in [1.29, 1.82) is 0 Å². The van der Waals surface area contributed by atoms with E-state index in [0.29, 0.717) is 12.3 Å². The third-order valence-corrected chi connectivity index (χ3v) is 4.34. The van der Waals surface area contributed by atoms with Crippen LogP contribution in [0, 0.1) is 5.41 Å². The first-order valence-corrected chi connectivity index (χ1v) is 8.22. The highest BCUT2D eigenvalue weighted by Crippen LogP contribution is 2.22. The van der Waals surface area contributed by atoms with Gasteiger partial charge in [-0.1, -0.05) is 26.8 Å². The van der Waals surface area contributed by atoms with E-state index in [-0.39, 0.29) is 17.4 Å². The molecule has 2 nitrogen and oxygen atoms in total. The van der Waals surface area contributed by atoms with Crippen LogP contribution in [0.1, 0.15) is 44.9 Å². The summed E-state index contributed by atoms with van der Waals surface area (Å²) in [6.07, 6.45) is 3.30. The summed E-state index contributed by atoms with van der Waals surface area (Å²) in [5.74, 6) is 0.721. The molecule has 0 aromatic carbocycles. The van der Waals surface area contributed by atoms with Crippen LogP contribution in [0.3, 0.4) is 0 Å². The number of nitrogens with one attached hydrogen (secondary N) is 1. The molecule has 0 saturated carbocycles. The van der Waals surface area contributed by atoms with Gasteiger partial charge in [-0.25, -0.2) is 0 Å². The smallest absolute Gasteiger partial charge is 0.220 e. The molecular formula is C15H24ClNOS. The van der Waals surface area contributed by atoms with Gasteiger partial charge in [0.05, 0.1) is 0 Å². The maximum absolute atomic E-state index is 12.0.